The fraction of sp³-hybridized carbons (Fsp3) is 0.458. The molecule has 174 valence electrons. The molecule has 0 bridgehead atoms. The van der Waals surface area contributed by atoms with Crippen molar-refractivity contribution >= 4 is 11.0 Å². The van der Waals surface area contributed by atoms with Crippen LogP contribution >= 0.6 is 0 Å². The molecule has 1 fully saturated rings. The number of ether oxygens (including phenoxy) is 3. The van der Waals surface area contributed by atoms with Crippen molar-refractivity contribution in [3.8, 4) is 17.4 Å². The van der Waals surface area contributed by atoms with Crippen molar-refractivity contribution in [1.29, 1.82) is 0 Å². The number of aliphatic hydroxyl groups is 1. The van der Waals surface area contributed by atoms with Crippen molar-refractivity contribution in [2.45, 2.75) is 31.5 Å². The average Bonchev–Trinajstić information content (AvgIpc) is 2.87. The highest BCUT2D eigenvalue weighted by molar-refractivity contribution is 5.78. The molecule has 2 N–H and O–H groups in total. The number of fused-ring (bicyclic) bond motifs is 2. The summed E-state index contributed by atoms with van der Waals surface area (Å²) >= 11 is 0. The second kappa shape index (κ2) is 9.86. The highest BCUT2D eigenvalue weighted by Gasteiger charge is 2.23. The number of aromatic nitrogens is 3. The minimum Gasteiger partial charge on any atom is -0.486 e. The van der Waals surface area contributed by atoms with Crippen molar-refractivity contribution < 1.29 is 19.3 Å². The molecule has 0 unspecified atom stereocenters. The van der Waals surface area contributed by atoms with Crippen LogP contribution in [0.25, 0.3) is 11.0 Å². The molecule has 2 aromatic heterocycles. The summed E-state index contributed by atoms with van der Waals surface area (Å²) in [5.74, 6) is 1.93. The third-order valence-corrected chi connectivity index (χ3v) is 6.23. The maximum absolute atomic E-state index is 11.0. The zero-order valence-corrected chi connectivity index (χ0v) is 18.7. The van der Waals surface area contributed by atoms with Gasteiger partial charge in [0.05, 0.1) is 42.3 Å². The summed E-state index contributed by atoms with van der Waals surface area (Å²) in [6.45, 7) is 4.25. The Hall–Kier alpha value is -3.01. The fourth-order valence-electron chi connectivity index (χ4n) is 4.40. The van der Waals surface area contributed by atoms with E-state index in [0.29, 0.717) is 49.5 Å². The predicted molar refractivity (Wildman–Crippen MR) is 123 cm³/mol. The van der Waals surface area contributed by atoms with Crippen molar-refractivity contribution in [2.24, 2.45) is 0 Å². The van der Waals surface area contributed by atoms with Crippen LogP contribution in [0.3, 0.4) is 0 Å². The van der Waals surface area contributed by atoms with E-state index in [0.717, 1.165) is 48.5 Å². The number of β-amino-alcohol motifs (C(OH)–C–C–N with tert-alkyl or cyclic N) is 1. The van der Waals surface area contributed by atoms with Crippen LogP contribution in [-0.2, 0) is 6.54 Å². The number of nitrogens with zero attached hydrogens (tertiary/aromatic N) is 4. The second-order valence-electron chi connectivity index (χ2n) is 8.42. The SMILES string of the molecule is COc1cnc2cccc([C@H](O)CN3CCC(NCc4cc5c(cn4)OCCO5)CC3)c2n1. The summed E-state index contributed by atoms with van der Waals surface area (Å²) in [6, 6.07) is 8.08. The molecule has 0 spiro atoms. The number of methoxy groups -OCH3 is 1. The average molecular weight is 452 g/mol. The lowest BCUT2D eigenvalue weighted by atomic mass is 10.0. The minimum atomic E-state index is -0.637. The number of rotatable bonds is 7. The third kappa shape index (κ3) is 5.00. The Morgan fingerprint density at radius 1 is 1.15 bits per heavy atom. The van der Waals surface area contributed by atoms with Gasteiger partial charge in [0.2, 0.25) is 5.88 Å². The van der Waals surface area contributed by atoms with E-state index in [1.165, 1.54) is 0 Å². The molecule has 1 aromatic carbocycles. The van der Waals surface area contributed by atoms with Gasteiger partial charge in [-0.25, -0.2) is 9.97 Å². The zero-order valence-electron chi connectivity index (χ0n) is 18.7. The molecule has 9 heteroatoms. The van der Waals surface area contributed by atoms with Gasteiger partial charge >= 0.3 is 0 Å². The van der Waals surface area contributed by atoms with E-state index in [9.17, 15) is 5.11 Å². The van der Waals surface area contributed by atoms with E-state index < -0.39 is 6.10 Å². The standard InChI is InChI=1S/C24H29N5O4/c1-31-23-14-27-19-4-2-3-18(24(19)28-23)20(30)15-29-7-5-16(6-8-29)25-12-17-11-21-22(13-26-17)33-10-9-32-21/h2-4,11,13-14,16,20,25,30H,5-10,12,15H2,1H3/t20-/m1/s1. The first-order valence-electron chi connectivity index (χ1n) is 11.4. The molecule has 9 nitrogen and oxygen atoms in total. The summed E-state index contributed by atoms with van der Waals surface area (Å²) in [6.07, 6.45) is 4.72. The number of piperidine rings is 1. The zero-order chi connectivity index (χ0) is 22.6. The normalized spacial score (nSPS) is 17.8. The summed E-state index contributed by atoms with van der Waals surface area (Å²) in [5.41, 5.74) is 3.17. The molecule has 2 aliphatic rings. The summed E-state index contributed by atoms with van der Waals surface area (Å²) in [4.78, 5) is 15.7. The molecule has 0 amide bonds. The number of pyridine rings is 1. The lowest BCUT2D eigenvalue weighted by Gasteiger charge is -2.33. The van der Waals surface area contributed by atoms with Crippen molar-refractivity contribution in [3.05, 3.63) is 47.9 Å². The Morgan fingerprint density at radius 2 is 1.97 bits per heavy atom. The smallest absolute Gasteiger partial charge is 0.232 e. The topological polar surface area (TPSA) is 102 Å². The Kier molecular flexibility index (Phi) is 6.52. The third-order valence-electron chi connectivity index (χ3n) is 6.23. The molecule has 3 aromatic rings. The molecular formula is C24H29N5O4. The number of hydrogen-bond donors (Lipinski definition) is 2. The molecule has 0 saturated carbocycles. The van der Waals surface area contributed by atoms with Gasteiger partial charge in [0.1, 0.15) is 13.2 Å². The van der Waals surface area contributed by atoms with Gasteiger partial charge < -0.3 is 29.5 Å². The van der Waals surface area contributed by atoms with Gasteiger partial charge in [-0.15, -0.1) is 0 Å². The molecule has 0 radical (unpaired) electrons. The monoisotopic (exact) mass is 451 g/mol. The van der Waals surface area contributed by atoms with E-state index >= 15 is 0 Å². The van der Waals surface area contributed by atoms with Gasteiger partial charge in [-0.05, 0) is 32.0 Å². The fourth-order valence-corrected chi connectivity index (χ4v) is 4.40. The van der Waals surface area contributed by atoms with Crippen LogP contribution in [0.1, 0.15) is 30.2 Å². The van der Waals surface area contributed by atoms with Crippen molar-refractivity contribution in [1.82, 2.24) is 25.2 Å². The number of hydrogen-bond acceptors (Lipinski definition) is 9. The Balaban J connectivity index is 1.14. The van der Waals surface area contributed by atoms with Crippen LogP contribution in [-0.4, -0.2) is 71.0 Å². The lowest BCUT2D eigenvalue weighted by Crippen LogP contribution is -2.43. The largest absolute Gasteiger partial charge is 0.486 e. The van der Waals surface area contributed by atoms with E-state index in [-0.39, 0.29) is 0 Å². The molecule has 1 atom stereocenters. The van der Waals surface area contributed by atoms with Crippen molar-refractivity contribution in [3.63, 3.8) is 0 Å². The maximum Gasteiger partial charge on any atom is 0.232 e. The van der Waals surface area contributed by atoms with Gasteiger partial charge in [0.25, 0.3) is 0 Å². The first-order valence-corrected chi connectivity index (χ1v) is 11.4. The minimum absolute atomic E-state index is 0.418. The summed E-state index contributed by atoms with van der Waals surface area (Å²) in [5, 5.41) is 14.6. The highest BCUT2D eigenvalue weighted by Crippen LogP contribution is 2.29. The number of nitrogens with one attached hydrogen (secondary N) is 1. The first-order chi connectivity index (χ1) is 16.2. The van der Waals surface area contributed by atoms with Crippen LogP contribution < -0.4 is 19.5 Å². The molecular weight excluding hydrogens is 422 g/mol. The quantitative estimate of drug-likeness (QED) is 0.559. The molecule has 2 aliphatic heterocycles. The molecule has 5 rings (SSSR count). The van der Waals surface area contributed by atoms with E-state index in [2.05, 4.69) is 25.2 Å². The summed E-state index contributed by atoms with van der Waals surface area (Å²) in [7, 11) is 1.57. The Bertz CT molecular complexity index is 1100. The van der Waals surface area contributed by atoms with Gasteiger partial charge in [0.15, 0.2) is 11.5 Å². The highest BCUT2D eigenvalue weighted by atomic mass is 16.6. The van der Waals surface area contributed by atoms with Gasteiger partial charge in [-0.1, -0.05) is 12.1 Å². The Labute approximate surface area is 192 Å². The van der Waals surface area contributed by atoms with Crippen LogP contribution in [0.5, 0.6) is 17.4 Å². The van der Waals surface area contributed by atoms with Gasteiger partial charge in [0, 0.05) is 30.8 Å². The molecule has 33 heavy (non-hydrogen) atoms. The Morgan fingerprint density at radius 3 is 2.79 bits per heavy atom. The van der Waals surface area contributed by atoms with E-state index in [1.807, 2.05) is 24.3 Å². The number of aliphatic hydroxyl groups excluding tert-OH is 1. The second-order valence-corrected chi connectivity index (χ2v) is 8.42. The molecule has 1 saturated heterocycles. The maximum atomic E-state index is 11.0. The lowest BCUT2D eigenvalue weighted by molar-refractivity contribution is 0.0947. The van der Waals surface area contributed by atoms with Gasteiger partial charge in [-0.3, -0.25) is 4.98 Å². The number of likely N-dealkylation sites (tertiary alicyclic amines) is 1. The number of benzene rings is 1. The van der Waals surface area contributed by atoms with Crippen LogP contribution in [0.4, 0.5) is 0 Å². The first kappa shape index (κ1) is 21.8. The summed E-state index contributed by atoms with van der Waals surface area (Å²) < 4.78 is 16.4. The van der Waals surface area contributed by atoms with Crippen molar-refractivity contribution in [2.75, 3.05) is 40.0 Å². The van der Waals surface area contributed by atoms with Crippen LogP contribution in [0.15, 0.2) is 36.7 Å². The molecule has 4 heterocycles. The van der Waals surface area contributed by atoms with Crippen LogP contribution in [0.2, 0.25) is 0 Å². The molecule has 0 aliphatic carbocycles. The number of para-hydroxylation sites is 1. The predicted octanol–water partition coefficient (Wildman–Crippen LogP) is 2.09. The van der Waals surface area contributed by atoms with Crippen LogP contribution in [0, 0.1) is 0 Å². The van der Waals surface area contributed by atoms with E-state index in [1.54, 1.807) is 19.5 Å². The van der Waals surface area contributed by atoms with E-state index in [4.69, 9.17) is 14.2 Å². The van der Waals surface area contributed by atoms with Gasteiger partial charge in [-0.2, -0.15) is 0 Å².